The van der Waals surface area contributed by atoms with E-state index >= 15 is 0 Å². The molecule has 0 aliphatic rings. The molecule has 1 amide bonds. The van der Waals surface area contributed by atoms with Gasteiger partial charge in [-0.05, 0) is 24.9 Å². The summed E-state index contributed by atoms with van der Waals surface area (Å²) in [4.78, 5) is 22.1. The second kappa shape index (κ2) is 8.73. The summed E-state index contributed by atoms with van der Waals surface area (Å²) in [5.74, 6) is 0.628. The Morgan fingerprint density at radius 2 is 2.20 bits per heavy atom. The van der Waals surface area contributed by atoms with Crippen LogP contribution in [0.5, 0.6) is 0 Å². The van der Waals surface area contributed by atoms with Gasteiger partial charge in [0.15, 0.2) is 0 Å². The second-order valence-electron chi connectivity index (χ2n) is 3.43. The molecule has 88 valence electrons. The molecule has 0 aliphatic carbocycles. The molecule has 5 heteroatoms. The van der Waals surface area contributed by atoms with E-state index in [9.17, 15) is 9.59 Å². The number of aldehydes is 1. The van der Waals surface area contributed by atoms with Crippen LogP contribution in [0.25, 0.3) is 0 Å². The number of thioether (sulfide) groups is 1. The lowest BCUT2D eigenvalue weighted by molar-refractivity contribution is -0.125. The van der Waals surface area contributed by atoms with Crippen LogP contribution in [0.15, 0.2) is 0 Å². The highest BCUT2D eigenvalue weighted by atomic mass is 32.2. The van der Waals surface area contributed by atoms with Crippen molar-refractivity contribution in [2.75, 3.05) is 12.0 Å². The van der Waals surface area contributed by atoms with Crippen LogP contribution < -0.4 is 11.1 Å². The smallest absolute Gasteiger partial charge is 0.237 e. The molecule has 0 fully saturated rings. The molecule has 0 aliphatic heterocycles. The molecule has 0 spiro atoms. The molecule has 0 aromatic rings. The van der Waals surface area contributed by atoms with Gasteiger partial charge in [0.1, 0.15) is 6.29 Å². The van der Waals surface area contributed by atoms with Crippen LogP contribution in [-0.2, 0) is 9.59 Å². The number of carbonyl (C=O) groups is 2. The van der Waals surface area contributed by atoms with E-state index in [1.54, 1.807) is 11.8 Å². The molecular formula is C10H20N2O2S. The van der Waals surface area contributed by atoms with Gasteiger partial charge in [0, 0.05) is 0 Å². The highest BCUT2D eigenvalue weighted by molar-refractivity contribution is 7.98. The normalized spacial score (nSPS) is 14.3. The van der Waals surface area contributed by atoms with Crippen molar-refractivity contribution < 1.29 is 9.59 Å². The molecule has 0 heterocycles. The highest BCUT2D eigenvalue weighted by Crippen LogP contribution is 2.00. The Morgan fingerprint density at radius 1 is 1.53 bits per heavy atom. The SMILES string of the molecule is CCC[C@@H](C=O)NC(=O)[C@@H](N)CCSC. The van der Waals surface area contributed by atoms with Gasteiger partial charge >= 0.3 is 0 Å². The van der Waals surface area contributed by atoms with Gasteiger partial charge in [-0.25, -0.2) is 0 Å². The molecule has 4 nitrogen and oxygen atoms in total. The maximum Gasteiger partial charge on any atom is 0.237 e. The molecule has 0 saturated heterocycles. The zero-order valence-electron chi connectivity index (χ0n) is 9.36. The van der Waals surface area contributed by atoms with Gasteiger partial charge in [0.25, 0.3) is 0 Å². The number of amides is 1. The summed E-state index contributed by atoms with van der Waals surface area (Å²) in [6.45, 7) is 1.97. The fourth-order valence-electron chi connectivity index (χ4n) is 1.15. The molecule has 2 atom stereocenters. The first-order valence-electron chi connectivity index (χ1n) is 5.15. The predicted octanol–water partition coefficient (Wildman–Crippen LogP) is 0.551. The van der Waals surface area contributed by atoms with Crippen molar-refractivity contribution in [1.29, 1.82) is 0 Å². The van der Waals surface area contributed by atoms with E-state index in [0.717, 1.165) is 18.5 Å². The molecule has 0 bridgehead atoms. The molecule has 15 heavy (non-hydrogen) atoms. The van der Waals surface area contributed by atoms with E-state index in [1.807, 2.05) is 13.2 Å². The van der Waals surface area contributed by atoms with Gasteiger partial charge in [-0.2, -0.15) is 11.8 Å². The van der Waals surface area contributed by atoms with Crippen molar-refractivity contribution in [3.05, 3.63) is 0 Å². The monoisotopic (exact) mass is 232 g/mol. The third kappa shape index (κ3) is 6.52. The number of rotatable bonds is 8. The van der Waals surface area contributed by atoms with Crippen LogP contribution in [0.2, 0.25) is 0 Å². The topological polar surface area (TPSA) is 72.2 Å². The molecule has 0 unspecified atom stereocenters. The Kier molecular flexibility index (Phi) is 8.41. The zero-order valence-corrected chi connectivity index (χ0v) is 10.2. The Hall–Kier alpha value is -0.550. The molecule has 3 N–H and O–H groups in total. The van der Waals surface area contributed by atoms with Gasteiger partial charge < -0.3 is 15.8 Å². The van der Waals surface area contributed by atoms with Crippen molar-refractivity contribution in [2.45, 2.75) is 38.3 Å². The Bertz CT molecular complexity index is 200. The van der Waals surface area contributed by atoms with E-state index in [0.29, 0.717) is 12.8 Å². The first kappa shape index (κ1) is 14.5. The number of hydrogen-bond donors (Lipinski definition) is 2. The van der Waals surface area contributed by atoms with Crippen LogP contribution in [0.4, 0.5) is 0 Å². The van der Waals surface area contributed by atoms with Crippen LogP contribution >= 0.6 is 11.8 Å². The minimum Gasteiger partial charge on any atom is -0.345 e. The molecule has 0 rings (SSSR count). The molecular weight excluding hydrogens is 212 g/mol. The molecule has 0 aromatic carbocycles. The van der Waals surface area contributed by atoms with Gasteiger partial charge in [-0.1, -0.05) is 13.3 Å². The highest BCUT2D eigenvalue weighted by Gasteiger charge is 2.16. The van der Waals surface area contributed by atoms with Crippen LogP contribution in [0, 0.1) is 0 Å². The number of nitrogens with two attached hydrogens (primary N) is 1. The second-order valence-corrected chi connectivity index (χ2v) is 4.41. The van der Waals surface area contributed by atoms with Crippen LogP contribution in [-0.4, -0.2) is 36.3 Å². The minimum absolute atomic E-state index is 0.227. The summed E-state index contributed by atoms with van der Waals surface area (Å²) >= 11 is 1.65. The standard InChI is InChI=1S/C10H20N2O2S/c1-3-4-8(7-13)12-10(14)9(11)5-6-15-2/h7-9H,3-6,11H2,1-2H3,(H,12,14)/t8-,9-/m0/s1. The van der Waals surface area contributed by atoms with Gasteiger partial charge in [-0.15, -0.1) is 0 Å². The van der Waals surface area contributed by atoms with E-state index in [1.165, 1.54) is 0 Å². The lowest BCUT2D eigenvalue weighted by Crippen LogP contribution is -2.46. The molecule has 0 radical (unpaired) electrons. The first-order chi connectivity index (χ1) is 7.15. The van der Waals surface area contributed by atoms with Crippen LogP contribution in [0.1, 0.15) is 26.2 Å². The maximum atomic E-state index is 11.5. The van der Waals surface area contributed by atoms with Crippen molar-refractivity contribution >= 4 is 24.0 Å². The lowest BCUT2D eigenvalue weighted by Gasteiger charge is -2.15. The summed E-state index contributed by atoms with van der Waals surface area (Å²) in [5.41, 5.74) is 5.66. The van der Waals surface area contributed by atoms with Gasteiger partial charge in [0.05, 0.1) is 12.1 Å². The molecule has 0 aromatic heterocycles. The summed E-state index contributed by atoms with van der Waals surface area (Å²) in [6.07, 6.45) is 4.91. The third-order valence-electron chi connectivity index (χ3n) is 2.06. The van der Waals surface area contributed by atoms with E-state index in [-0.39, 0.29) is 11.9 Å². The third-order valence-corrected chi connectivity index (χ3v) is 2.71. The zero-order chi connectivity index (χ0) is 11.7. The van der Waals surface area contributed by atoms with Crippen molar-refractivity contribution in [3.8, 4) is 0 Å². The fourth-order valence-corrected chi connectivity index (χ4v) is 1.64. The average Bonchev–Trinajstić information content (AvgIpc) is 2.24. The predicted molar refractivity (Wildman–Crippen MR) is 63.9 cm³/mol. The van der Waals surface area contributed by atoms with Crippen LogP contribution in [0.3, 0.4) is 0 Å². The summed E-state index contributed by atoms with van der Waals surface area (Å²) in [7, 11) is 0. The van der Waals surface area contributed by atoms with E-state index in [4.69, 9.17) is 5.73 Å². The Labute approximate surface area is 95.4 Å². The summed E-state index contributed by atoms with van der Waals surface area (Å²) in [6, 6.07) is -0.889. The number of hydrogen-bond acceptors (Lipinski definition) is 4. The number of carbonyl (C=O) groups excluding carboxylic acids is 2. The minimum atomic E-state index is -0.503. The largest absolute Gasteiger partial charge is 0.345 e. The average molecular weight is 232 g/mol. The maximum absolute atomic E-state index is 11.5. The fraction of sp³-hybridized carbons (Fsp3) is 0.800. The number of nitrogens with one attached hydrogen (secondary N) is 1. The molecule has 0 saturated carbocycles. The quantitative estimate of drug-likeness (QED) is 0.600. The summed E-state index contributed by atoms with van der Waals surface area (Å²) < 4.78 is 0. The lowest BCUT2D eigenvalue weighted by atomic mass is 10.1. The van der Waals surface area contributed by atoms with Gasteiger partial charge in [0.2, 0.25) is 5.91 Å². The summed E-state index contributed by atoms with van der Waals surface area (Å²) in [5, 5.41) is 2.64. The van der Waals surface area contributed by atoms with Crippen molar-refractivity contribution in [2.24, 2.45) is 5.73 Å². The Morgan fingerprint density at radius 3 is 2.67 bits per heavy atom. The van der Waals surface area contributed by atoms with E-state index < -0.39 is 6.04 Å². The Balaban J connectivity index is 3.92. The van der Waals surface area contributed by atoms with E-state index in [2.05, 4.69) is 5.32 Å². The van der Waals surface area contributed by atoms with Gasteiger partial charge in [-0.3, -0.25) is 4.79 Å². The first-order valence-corrected chi connectivity index (χ1v) is 6.55. The van der Waals surface area contributed by atoms with Crippen molar-refractivity contribution in [1.82, 2.24) is 5.32 Å². The van der Waals surface area contributed by atoms with Crippen molar-refractivity contribution in [3.63, 3.8) is 0 Å².